The monoisotopic (exact) mass is 239 g/mol. The number of hydrazine groups is 1. The van der Waals surface area contributed by atoms with Gasteiger partial charge in [-0.1, -0.05) is 12.1 Å². The summed E-state index contributed by atoms with van der Waals surface area (Å²) in [5.74, 6) is 5.41. The van der Waals surface area contributed by atoms with Gasteiger partial charge in [-0.2, -0.15) is 0 Å². The number of halogens is 1. The van der Waals surface area contributed by atoms with Crippen LogP contribution in [0.2, 0.25) is 0 Å². The molecule has 0 aliphatic carbocycles. The zero-order valence-corrected chi connectivity index (χ0v) is 11.0. The van der Waals surface area contributed by atoms with E-state index in [1.54, 1.807) is 12.1 Å². The average molecular weight is 239 g/mol. The minimum absolute atomic E-state index is 0.0802. The fraction of sp³-hybridized carbons (Fsp3) is 0.538. The van der Waals surface area contributed by atoms with Crippen LogP contribution in [0.5, 0.6) is 0 Å². The van der Waals surface area contributed by atoms with Gasteiger partial charge in [0.25, 0.3) is 0 Å². The maximum Gasteiger partial charge on any atom is 0.123 e. The van der Waals surface area contributed by atoms with Gasteiger partial charge in [0, 0.05) is 11.6 Å². The quantitative estimate of drug-likeness (QED) is 0.605. The van der Waals surface area contributed by atoms with Crippen molar-refractivity contribution in [3.63, 3.8) is 0 Å². The molecular weight excluding hydrogens is 217 g/mol. The third-order valence-electron chi connectivity index (χ3n) is 3.56. The van der Waals surface area contributed by atoms with E-state index in [4.69, 9.17) is 5.84 Å². The number of nitrogens with one attached hydrogen (secondary N) is 1. The Morgan fingerprint density at radius 2 is 1.82 bits per heavy atom. The van der Waals surface area contributed by atoms with Gasteiger partial charge in [-0.15, -0.1) is 0 Å². The Labute approximate surface area is 103 Å². The van der Waals surface area contributed by atoms with Crippen LogP contribution >= 0.6 is 0 Å². The summed E-state index contributed by atoms with van der Waals surface area (Å²) in [7, 11) is 4.05. The Hall–Kier alpha value is -0.970. The number of rotatable bonds is 5. The molecule has 1 unspecified atom stereocenters. The Bertz CT molecular complexity index is 346. The van der Waals surface area contributed by atoms with E-state index in [-0.39, 0.29) is 17.4 Å². The van der Waals surface area contributed by atoms with E-state index in [1.165, 1.54) is 12.1 Å². The Balaban J connectivity index is 2.80. The Morgan fingerprint density at radius 3 is 2.24 bits per heavy atom. The number of benzene rings is 1. The smallest absolute Gasteiger partial charge is 0.123 e. The number of likely N-dealkylation sites (N-methyl/N-ethyl adjacent to an activating group) is 1. The molecule has 0 aliphatic rings. The van der Waals surface area contributed by atoms with E-state index >= 15 is 0 Å². The van der Waals surface area contributed by atoms with Gasteiger partial charge >= 0.3 is 0 Å². The first-order valence-corrected chi connectivity index (χ1v) is 5.76. The van der Waals surface area contributed by atoms with Crippen molar-refractivity contribution < 1.29 is 4.39 Å². The summed E-state index contributed by atoms with van der Waals surface area (Å²) in [4.78, 5) is 2.13. The van der Waals surface area contributed by atoms with E-state index in [0.29, 0.717) is 0 Å². The van der Waals surface area contributed by atoms with Gasteiger partial charge in [-0.25, -0.2) is 4.39 Å². The minimum atomic E-state index is -0.210. The molecule has 3 N–H and O–H groups in total. The fourth-order valence-corrected chi connectivity index (χ4v) is 1.68. The van der Waals surface area contributed by atoms with Crippen molar-refractivity contribution in [2.75, 3.05) is 14.1 Å². The third-order valence-corrected chi connectivity index (χ3v) is 3.56. The van der Waals surface area contributed by atoms with Crippen LogP contribution in [0.1, 0.15) is 19.4 Å². The van der Waals surface area contributed by atoms with Crippen LogP contribution in [0.4, 0.5) is 4.39 Å². The van der Waals surface area contributed by atoms with Crippen molar-refractivity contribution in [1.82, 2.24) is 10.3 Å². The van der Waals surface area contributed by atoms with Crippen LogP contribution in [0.15, 0.2) is 24.3 Å². The maximum atomic E-state index is 12.8. The summed E-state index contributed by atoms with van der Waals surface area (Å²) in [5.41, 5.74) is 3.84. The van der Waals surface area contributed by atoms with E-state index in [9.17, 15) is 4.39 Å². The molecule has 3 nitrogen and oxygen atoms in total. The lowest BCUT2D eigenvalue weighted by Gasteiger charge is -2.40. The van der Waals surface area contributed by atoms with Crippen LogP contribution in [-0.4, -0.2) is 30.6 Å². The lowest BCUT2D eigenvalue weighted by atomic mass is 9.88. The van der Waals surface area contributed by atoms with Crippen LogP contribution in [0.3, 0.4) is 0 Å². The van der Waals surface area contributed by atoms with E-state index < -0.39 is 0 Å². The summed E-state index contributed by atoms with van der Waals surface area (Å²) in [6, 6.07) is 6.65. The molecule has 0 saturated heterocycles. The second-order valence-corrected chi connectivity index (χ2v) is 5.10. The molecule has 96 valence electrons. The highest BCUT2D eigenvalue weighted by Gasteiger charge is 2.30. The van der Waals surface area contributed by atoms with Crippen LogP contribution in [0, 0.1) is 5.82 Å². The van der Waals surface area contributed by atoms with Crippen LogP contribution in [0.25, 0.3) is 0 Å². The average Bonchev–Trinajstić information content (AvgIpc) is 2.27. The molecule has 1 rings (SSSR count). The number of hydrogen-bond donors (Lipinski definition) is 2. The topological polar surface area (TPSA) is 41.3 Å². The van der Waals surface area contributed by atoms with Crippen molar-refractivity contribution >= 4 is 0 Å². The molecule has 4 heteroatoms. The largest absolute Gasteiger partial charge is 0.303 e. The predicted molar refractivity (Wildman–Crippen MR) is 69.0 cm³/mol. The van der Waals surface area contributed by atoms with Crippen molar-refractivity contribution in [3.8, 4) is 0 Å². The molecule has 0 radical (unpaired) electrons. The highest BCUT2D eigenvalue weighted by Crippen LogP contribution is 2.19. The first-order valence-electron chi connectivity index (χ1n) is 5.76. The van der Waals surface area contributed by atoms with Crippen molar-refractivity contribution in [2.45, 2.75) is 31.8 Å². The molecule has 0 saturated carbocycles. The zero-order chi connectivity index (χ0) is 13.1. The van der Waals surface area contributed by atoms with Gasteiger partial charge in [-0.3, -0.25) is 11.3 Å². The van der Waals surface area contributed by atoms with Crippen LogP contribution in [-0.2, 0) is 6.42 Å². The molecule has 0 bridgehead atoms. The highest BCUT2D eigenvalue weighted by molar-refractivity contribution is 5.18. The first kappa shape index (κ1) is 14.1. The summed E-state index contributed by atoms with van der Waals surface area (Å²) < 4.78 is 12.8. The number of hydrogen-bond acceptors (Lipinski definition) is 3. The maximum absolute atomic E-state index is 12.8. The summed E-state index contributed by atoms with van der Waals surface area (Å²) in [6.07, 6.45) is 0.766. The van der Waals surface area contributed by atoms with Gasteiger partial charge in [-0.05, 0) is 52.1 Å². The molecule has 0 aliphatic heterocycles. The Kier molecular flexibility index (Phi) is 4.62. The molecule has 17 heavy (non-hydrogen) atoms. The predicted octanol–water partition coefficient (Wildman–Crippen LogP) is 1.54. The second-order valence-electron chi connectivity index (χ2n) is 5.10. The van der Waals surface area contributed by atoms with Gasteiger partial charge in [0.1, 0.15) is 5.82 Å². The molecule has 1 aromatic rings. The molecule has 1 aromatic carbocycles. The SMILES string of the molecule is CN(C)C(C)(C)C(Cc1ccc(F)cc1)NN. The highest BCUT2D eigenvalue weighted by atomic mass is 19.1. The van der Waals surface area contributed by atoms with Gasteiger partial charge in [0.15, 0.2) is 0 Å². The molecule has 1 atom stereocenters. The normalized spacial score (nSPS) is 14.1. The molecule has 0 fully saturated rings. The van der Waals surface area contributed by atoms with Gasteiger partial charge in [0.2, 0.25) is 0 Å². The third kappa shape index (κ3) is 3.49. The summed E-state index contributed by atoms with van der Waals surface area (Å²) in [5, 5.41) is 0. The van der Waals surface area contributed by atoms with Crippen molar-refractivity contribution in [1.29, 1.82) is 0 Å². The minimum Gasteiger partial charge on any atom is -0.303 e. The second kappa shape index (κ2) is 5.58. The standard InChI is InChI=1S/C13H22FN3/c1-13(2,17(3)4)12(16-15)9-10-5-7-11(14)8-6-10/h5-8,12,16H,9,15H2,1-4H3. The molecule has 0 aromatic heterocycles. The van der Waals surface area contributed by atoms with Crippen molar-refractivity contribution in [2.24, 2.45) is 5.84 Å². The lowest BCUT2D eigenvalue weighted by molar-refractivity contribution is 0.137. The van der Waals surface area contributed by atoms with E-state index in [0.717, 1.165) is 12.0 Å². The summed E-state index contributed by atoms with van der Waals surface area (Å²) in [6.45, 7) is 4.25. The molecular formula is C13H22FN3. The van der Waals surface area contributed by atoms with E-state index in [2.05, 4.69) is 24.2 Å². The molecule has 0 spiro atoms. The Morgan fingerprint density at radius 1 is 1.29 bits per heavy atom. The first-order chi connectivity index (χ1) is 7.87. The number of nitrogens with zero attached hydrogens (tertiary/aromatic N) is 1. The fourth-order valence-electron chi connectivity index (χ4n) is 1.68. The lowest BCUT2D eigenvalue weighted by Crippen LogP contribution is -2.58. The molecule has 0 heterocycles. The van der Waals surface area contributed by atoms with E-state index in [1.807, 2.05) is 14.1 Å². The van der Waals surface area contributed by atoms with Gasteiger partial charge < -0.3 is 4.90 Å². The summed E-state index contributed by atoms with van der Waals surface area (Å²) >= 11 is 0. The molecule has 0 amide bonds. The zero-order valence-electron chi connectivity index (χ0n) is 11.0. The number of nitrogens with two attached hydrogens (primary N) is 1. The van der Waals surface area contributed by atoms with Crippen LogP contribution < -0.4 is 11.3 Å². The van der Waals surface area contributed by atoms with Crippen molar-refractivity contribution in [3.05, 3.63) is 35.6 Å². The van der Waals surface area contributed by atoms with Gasteiger partial charge in [0.05, 0.1) is 0 Å².